The Hall–Kier alpha value is -1.70. The molecule has 0 saturated carbocycles. The van der Waals surface area contributed by atoms with Gasteiger partial charge in [-0.15, -0.1) is 0 Å². The first-order chi connectivity index (χ1) is 10.8. The molecule has 126 valence electrons. The molecule has 2 atom stereocenters. The summed E-state index contributed by atoms with van der Waals surface area (Å²) in [6.45, 7) is 5.80. The Balaban J connectivity index is 2.07. The largest absolute Gasteiger partial charge is 0.387 e. The highest BCUT2D eigenvalue weighted by atomic mass is 32.2. The van der Waals surface area contributed by atoms with E-state index in [1.165, 1.54) is 12.5 Å². The highest BCUT2D eigenvalue weighted by molar-refractivity contribution is 7.89. The van der Waals surface area contributed by atoms with Crippen LogP contribution in [0.15, 0.2) is 41.8 Å². The first kappa shape index (κ1) is 17.7. The molecule has 23 heavy (non-hydrogen) atoms. The van der Waals surface area contributed by atoms with E-state index < -0.39 is 16.1 Å². The van der Waals surface area contributed by atoms with Crippen LogP contribution in [-0.2, 0) is 10.0 Å². The highest BCUT2D eigenvalue weighted by Gasteiger charge is 2.20. The van der Waals surface area contributed by atoms with Gasteiger partial charge in [-0.1, -0.05) is 31.2 Å². The summed E-state index contributed by atoms with van der Waals surface area (Å²) in [6.07, 6.45) is 3.01. The van der Waals surface area contributed by atoms with Crippen LogP contribution in [0.4, 0.5) is 0 Å². The van der Waals surface area contributed by atoms with Crippen molar-refractivity contribution in [3.8, 4) is 0 Å². The molecule has 0 radical (unpaired) electrons. The Labute approximate surface area is 137 Å². The minimum absolute atomic E-state index is 0.0326. The monoisotopic (exact) mass is 337 g/mol. The van der Waals surface area contributed by atoms with E-state index in [2.05, 4.69) is 9.71 Å². The van der Waals surface area contributed by atoms with Gasteiger partial charge >= 0.3 is 0 Å². The summed E-state index contributed by atoms with van der Waals surface area (Å²) in [6, 6.07) is 7.53. The second-order valence-electron chi connectivity index (χ2n) is 5.64. The molecule has 0 aliphatic heterocycles. The van der Waals surface area contributed by atoms with Gasteiger partial charge in [0.25, 0.3) is 10.0 Å². The standard InChI is InChI=1S/C16H23N3O3S/c1-4-13(3)19-10-16(17-11-19)23(21,22)18-9-15(20)14-8-6-5-7-12(14)2/h5-8,10-11,13,15,18,20H,4,9H2,1-3H3/t13-,15+/m1/s1. The topological polar surface area (TPSA) is 84.2 Å². The van der Waals surface area contributed by atoms with Gasteiger partial charge in [-0.25, -0.2) is 18.1 Å². The maximum atomic E-state index is 12.3. The van der Waals surface area contributed by atoms with E-state index in [9.17, 15) is 13.5 Å². The maximum absolute atomic E-state index is 12.3. The molecule has 0 amide bonds. The molecule has 0 saturated heterocycles. The fourth-order valence-electron chi connectivity index (χ4n) is 2.24. The lowest BCUT2D eigenvalue weighted by molar-refractivity contribution is 0.181. The van der Waals surface area contributed by atoms with Crippen molar-refractivity contribution < 1.29 is 13.5 Å². The lowest BCUT2D eigenvalue weighted by Gasteiger charge is -2.14. The minimum atomic E-state index is -3.74. The molecule has 0 bridgehead atoms. The molecule has 1 aromatic carbocycles. The number of hydrogen-bond donors (Lipinski definition) is 2. The van der Waals surface area contributed by atoms with Crippen LogP contribution in [0.2, 0.25) is 0 Å². The Kier molecular flexibility index (Phi) is 5.56. The molecule has 0 aliphatic rings. The Morgan fingerprint density at radius 3 is 2.70 bits per heavy atom. The number of nitrogens with one attached hydrogen (secondary N) is 1. The van der Waals surface area contributed by atoms with Crippen LogP contribution in [0.3, 0.4) is 0 Å². The van der Waals surface area contributed by atoms with E-state index in [1.807, 2.05) is 39.0 Å². The summed E-state index contributed by atoms with van der Waals surface area (Å²) in [5.74, 6) is 0. The zero-order chi connectivity index (χ0) is 17.0. The van der Waals surface area contributed by atoms with Crippen LogP contribution >= 0.6 is 0 Å². The molecule has 2 rings (SSSR count). The number of benzene rings is 1. The number of rotatable bonds is 7. The number of aliphatic hydroxyl groups excluding tert-OH is 1. The number of sulfonamides is 1. The van der Waals surface area contributed by atoms with Gasteiger partial charge in [0, 0.05) is 18.8 Å². The van der Waals surface area contributed by atoms with Crippen molar-refractivity contribution in [3.05, 3.63) is 47.9 Å². The van der Waals surface area contributed by atoms with Crippen LogP contribution in [0.5, 0.6) is 0 Å². The van der Waals surface area contributed by atoms with Crippen molar-refractivity contribution in [1.29, 1.82) is 0 Å². The van der Waals surface area contributed by atoms with Gasteiger partial charge in [0.15, 0.2) is 5.03 Å². The summed E-state index contributed by atoms with van der Waals surface area (Å²) in [4.78, 5) is 3.96. The average molecular weight is 337 g/mol. The number of imidazole rings is 1. The summed E-state index contributed by atoms with van der Waals surface area (Å²) in [5, 5.41) is 10.2. The number of aryl methyl sites for hydroxylation is 1. The average Bonchev–Trinajstić information content (AvgIpc) is 3.03. The first-order valence-corrected chi connectivity index (χ1v) is 9.10. The third-order valence-electron chi connectivity index (χ3n) is 3.97. The van der Waals surface area contributed by atoms with Gasteiger partial charge in [-0.05, 0) is 31.4 Å². The van der Waals surface area contributed by atoms with Crippen LogP contribution in [0.1, 0.15) is 43.5 Å². The maximum Gasteiger partial charge on any atom is 0.259 e. The lowest BCUT2D eigenvalue weighted by Crippen LogP contribution is -2.29. The molecular formula is C16H23N3O3S. The fourth-order valence-corrected chi connectivity index (χ4v) is 3.21. The molecule has 1 aromatic heterocycles. The van der Waals surface area contributed by atoms with Crippen LogP contribution < -0.4 is 4.72 Å². The fraction of sp³-hybridized carbons (Fsp3) is 0.438. The van der Waals surface area contributed by atoms with E-state index in [0.29, 0.717) is 5.56 Å². The predicted octanol–water partition coefficient (Wildman–Crippen LogP) is 2.17. The van der Waals surface area contributed by atoms with E-state index in [-0.39, 0.29) is 17.6 Å². The molecule has 0 aliphatic carbocycles. The van der Waals surface area contributed by atoms with Gasteiger partial charge in [0.2, 0.25) is 0 Å². The van der Waals surface area contributed by atoms with Gasteiger partial charge in [0.1, 0.15) is 0 Å². The van der Waals surface area contributed by atoms with Crippen molar-refractivity contribution in [3.63, 3.8) is 0 Å². The molecule has 6 nitrogen and oxygen atoms in total. The zero-order valence-corrected chi connectivity index (χ0v) is 14.4. The number of hydrogen-bond acceptors (Lipinski definition) is 4. The summed E-state index contributed by atoms with van der Waals surface area (Å²) in [7, 11) is -3.74. The summed E-state index contributed by atoms with van der Waals surface area (Å²) >= 11 is 0. The lowest BCUT2D eigenvalue weighted by atomic mass is 10.0. The van der Waals surface area contributed by atoms with Crippen molar-refractivity contribution in [1.82, 2.24) is 14.3 Å². The quantitative estimate of drug-likeness (QED) is 0.811. The van der Waals surface area contributed by atoms with Crippen molar-refractivity contribution in [2.45, 2.75) is 44.4 Å². The molecule has 0 spiro atoms. The van der Waals surface area contributed by atoms with E-state index in [1.54, 1.807) is 10.6 Å². The highest BCUT2D eigenvalue weighted by Crippen LogP contribution is 2.18. The van der Waals surface area contributed by atoms with Gasteiger partial charge in [-0.3, -0.25) is 0 Å². The first-order valence-electron chi connectivity index (χ1n) is 7.62. The Morgan fingerprint density at radius 1 is 1.35 bits per heavy atom. The van der Waals surface area contributed by atoms with Crippen molar-refractivity contribution >= 4 is 10.0 Å². The van der Waals surface area contributed by atoms with E-state index in [0.717, 1.165) is 12.0 Å². The van der Waals surface area contributed by atoms with Gasteiger partial charge in [0.05, 0.1) is 12.4 Å². The van der Waals surface area contributed by atoms with E-state index in [4.69, 9.17) is 0 Å². The number of nitrogens with zero attached hydrogens (tertiary/aromatic N) is 2. The number of aliphatic hydroxyl groups is 1. The SMILES string of the molecule is CC[C@@H](C)n1cnc(S(=O)(=O)NC[C@H](O)c2ccccc2C)c1. The zero-order valence-electron chi connectivity index (χ0n) is 13.6. The molecule has 0 unspecified atom stereocenters. The van der Waals surface area contributed by atoms with Gasteiger partial charge < -0.3 is 9.67 Å². The molecular weight excluding hydrogens is 314 g/mol. The second-order valence-corrected chi connectivity index (χ2v) is 7.35. The molecule has 1 heterocycles. The minimum Gasteiger partial charge on any atom is -0.387 e. The van der Waals surface area contributed by atoms with Crippen molar-refractivity contribution in [2.24, 2.45) is 0 Å². The van der Waals surface area contributed by atoms with Crippen LogP contribution in [-0.4, -0.2) is 29.6 Å². The van der Waals surface area contributed by atoms with Crippen LogP contribution in [0, 0.1) is 6.92 Å². The molecule has 2 aromatic rings. The predicted molar refractivity (Wildman–Crippen MR) is 88.6 cm³/mol. The van der Waals surface area contributed by atoms with E-state index >= 15 is 0 Å². The number of aromatic nitrogens is 2. The Morgan fingerprint density at radius 2 is 2.04 bits per heavy atom. The molecule has 2 N–H and O–H groups in total. The van der Waals surface area contributed by atoms with Crippen LogP contribution in [0.25, 0.3) is 0 Å². The molecule has 7 heteroatoms. The smallest absolute Gasteiger partial charge is 0.259 e. The Bertz CT molecular complexity index is 755. The second kappa shape index (κ2) is 7.25. The summed E-state index contributed by atoms with van der Waals surface area (Å²) in [5.41, 5.74) is 1.63. The third-order valence-corrected chi connectivity index (χ3v) is 5.28. The molecule has 0 fully saturated rings. The van der Waals surface area contributed by atoms with Gasteiger partial charge in [-0.2, -0.15) is 0 Å². The summed E-state index contributed by atoms with van der Waals surface area (Å²) < 4.78 is 28.7. The van der Waals surface area contributed by atoms with Crippen molar-refractivity contribution in [2.75, 3.05) is 6.54 Å². The normalized spacial score (nSPS) is 14.6. The third kappa shape index (κ3) is 4.19.